The van der Waals surface area contributed by atoms with E-state index in [1.54, 1.807) is 55.5 Å². The van der Waals surface area contributed by atoms with E-state index in [4.69, 9.17) is 4.74 Å². The summed E-state index contributed by atoms with van der Waals surface area (Å²) in [5, 5.41) is 0.423. The SMILES string of the molecule is COc1cccc(N2C(=O)c3cc(C)nc(SCc4ccccc4F)c3C2=O)c1. The Hall–Kier alpha value is -3.19. The predicted molar refractivity (Wildman–Crippen MR) is 109 cm³/mol. The van der Waals surface area contributed by atoms with Crippen LogP contribution in [-0.2, 0) is 5.75 Å². The molecule has 3 aromatic rings. The van der Waals surface area contributed by atoms with Gasteiger partial charge in [0.15, 0.2) is 0 Å². The fraction of sp³-hybridized carbons (Fsp3) is 0.136. The summed E-state index contributed by atoms with van der Waals surface area (Å²) >= 11 is 1.24. The van der Waals surface area contributed by atoms with Crippen molar-refractivity contribution in [3.63, 3.8) is 0 Å². The molecule has 146 valence electrons. The first kappa shape index (κ1) is 19.1. The minimum atomic E-state index is -0.443. The van der Waals surface area contributed by atoms with E-state index in [9.17, 15) is 14.0 Å². The minimum Gasteiger partial charge on any atom is -0.497 e. The molecular formula is C22H17FN2O3S. The number of nitrogens with zero attached hydrogens (tertiary/aromatic N) is 2. The van der Waals surface area contributed by atoms with Gasteiger partial charge >= 0.3 is 0 Å². The van der Waals surface area contributed by atoms with Gasteiger partial charge in [-0.3, -0.25) is 9.59 Å². The Kier molecular flexibility index (Phi) is 5.07. The molecule has 0 saturated heterocycles. The molecular weight excluding hydrogens is 391 g/mol. The number of benzene rings is 2. The Bertz CT molecular complexity index is 1130. The third-order valence-corrected chi connectivity index (χ3v) is 5.62. The number of carbonyl (C=O) groups is 2. The first-order valence-electron chi connectivity index (χ1n) is 8.90. The number of hydrogen-bond donors (Lipinski definition) is 0. The molecule has 0 unspecified atom stereocenters. The summed E-state index contributed by atoms with van der Waals surface area (Å²) in [4.78, 5) is 31.7. The van der Waals surface area contributed by atoms with Crippen molar-refractivity contribution < 1.29 is 18.7 Å². The van der Waals surface area contributed by atoms with Gasteiger partial charge in [-0.1, -0.05) is 24.3 Å². The monoisotopic (exact) mass is 408 g/mol. The number of halogens is 1. The minimum absolute atomic E-state index is 0.254. The van der Waals surface area contributed by atoms with E-state index in [1.807, 2.05) is 0 Å². The Labute approximate surface area is 171 Å². The van der Waals surface area contributed by atoms with Crippen molar-refractivity contribution >= 4 is 29.3 Å². The lowest BCUT2D eigenvalue weighted by atomic mass is 10.1. The molecule has 0 saturated carbocycles. The lowest BCUT2D eigenvalue weighted by molar-refractivity contribution is 0.0925. The number of hydrogen-bond acceptors (Lipinski definition) is 5. The van der Waals surface area contributed by atoms with E-state index in [1.165, 1.54) is 24.9 Å². The molecule has 5 nitrogen and oxygen atoms in total. The number of thioether (sulfide) groups is 1. The van der Waals surface area contributed by atoms with E-state index in [-0.39, 0.29) is 11.4 Å². The first-order chi connectivity index (χ1) is 14.0. The predicted octanol–water partition coefficient (Wildman–Crippen LogP) is 4.63. The Morgan fingerprint density at radius 1 is 1.07 bits per heavy atom. The normalized spacial score (nSPS) is 13.0. The summed E-state index contributed by atoms with van der Waals surface area (Å²) in [7, 11) is 1.52. The molecule has 0 spiro atoms. The maximum Gasteiger partial charge on any atom is 0.268 e. The molecule has 0 fully saturated rings. The average molecular weight is 408 g/mol. The van der Waals surface area contributed by atoms with Crippen molar-refractivity contribution in [1.82, 2.24) is 4.98 Å². The van der Waals surface area contributed by atoms with Crippen molar-refractivity contribution in [3.8, 4) is 5.75 Å². The highest BCUT2D eigenvalue weighted by Crippen LogP contribution is 2.36. The summed E-state index contributed by atoms with van der Waals surface area (Å²) in [6, 6.07) is 14.8. The molecule has 1 aliphatic heterocycles. The molecule has 29 heavy (non-hydrogen) atoms. The van der Waals surface area contributed by atoms with Gasteiger partial charge < -0.3 is 4.74 Å². The highest BCUT2D eigenvalue weighted by atomic mass is 32.2. The van der Waals surface area contributed by atoms with Crippen LogP contribution in [0.2, 0.25) is 0 Å². The van der Waals surface area contributed by atoms with Gasteiger partial charge in [-0.05, 0) is 36.8 Å². The first-order valence-corrected chi connectivity index (χ1v) is 9.89. The van der Waals surface area contributed by atoms with Crippen LogP contribution in [-0.4, -0.2) is 23.9 Å². The Morgan fingerprint density at radius 2 is 1.86 bits per heavy atom. The van der Waals surface area contributed by atoms with Gasteiger partial charge in [0, 0.05) is 17.5 Å². The van der Waals surface area contributed by atoms with E-state index in [0.29, 0.717) is 39.0 Å². The number of aromatic nitrogens is 1. The van der Waals surface area contributed by atoms with Crippen LogP contribution in [0.4, 0.5) is 10.1 Å². The van der Waals surface area contributed by atoms with Crippen LogP contribution in [0.3, 0.4) is 0 Å². The molecule has 0 atom stereocenters. The number of amides is 2. The van der Waals surface area contributed by atoms with Crippen LogP contribution in [0.15, 0.2) is 59.6 Å². The zero-order chi connectivity index (χ0) is 20.5. The van der Waals surface area contributed by atoms with Gasteiger partial charge in [0.25, 0.3) is 11.8 Å². The molecule has 0 aliphatic carbocycles. The number of carbonyl (C=O) groups excluding carboxylic acids is 2. The summed E-state index contributed by atoms with van der Waals surface area (Å²) in [6.45, 7) is 1.76. The smallest absolute Gasteiger partial charge is 0.268 e. The number of ether oxygens (including phenoxy) is 1. The van der Waals surface area contributed by atoms with E-state index >= 15 is 0 Å². The molecule has 2 aromatic carbocycles. The molecule has 1 aromatic heterocycles. The summed E-state index contributed by atoms with van der Waals surface area (Å²) < 4.78 is 19.2. The number of imide groups is 1. The summed E-state index contributed by atoms with van der Waals surface area (Å²) in [6.07, 6.45) is 0. The highest BCUT2D eigenvalue weighted by Gasteiger charge is 2.39. The number of methoxy groups -OCH3 is 1. The Morgan fingerprint density at radius 3 is 2.62 bits per heavy atom. The van der Waals surface area contributed by atoms with Crippen molar-refractivity contribution in [1.29, 1.82) is 0 Å². The zero-order valence-electron chi connectivity index (χ0n) is 15.8. The third kappa shape index (κ3) is 3.49. The fourth-order valence-corrected chi connectivity index (χ4v) is 4.27. The summed E-state index contributed by atoms with van der Waals surface area (Å²) in [5.41, 5.74) is 2.12. The molecule has 2 amide bonds. The molecule has 0 bridgehead atoms. The number of pyridine rings is 1. The molecule has 1 aliphatic rings. The van der Waals surface area contributed by atoms with Gasteiger partial charge in [0.2, 0.25) is 0 Å². The maximum atomic E-state index is 14.0. The van der Waals surface area contributed by atoms with E-state index in [0.717, 1.165) is 4.90 Å². The van der Waals surface area contributed by atoms with Gasteiger partial charge in [0.1, 0.15) is 16.6 Å². The van der Waals surface area contributed by atoms with Crippen molar-refractivity contribution in [3.05, 3.63) is 82.8 Å². The number of rotatable bonds is 5. The van der Waals surface area contributed by atoms with Gasteiger partial charge in [-0.25, -0.2) is 14.3 Å². The molecule has 0 N–H and O–H groups in total. The van der Waals surface area contributed by atoms with Crippen molar-refractivity contribution in [2.24, 2.45) is 0 Å². The van der Waals surface area contributed by atoms with Crippen molar-refractivity contribution in [2.75, 3.05) is 12.0 Å². The quantitative estimate of drug-likeness (QED) is 0.455. The second kappa shape index (κ2) is 7.67. The number of fused-ring (bicyclic) bond motifs is 1. The summed E-state index contributed by atoms with van der Waals surface area (Å²) in [5.74, 6) is -0.318. The third-order valence-electron chi connectivity index (χ3n) is 4.60. The van der Waals surface area contributed by atoms with Crippen LogP contribution < -0.4 is 9.64 Å². The van der Waals surface area contributed by atoms with Crippen molar-refractivity contribution in [2.45, 2.75) is 17.7 Å². The molecule has 7 heteroatoms. The van der Waals surface area contributed by atoms with Gasteiger partial charge in [-0.2, -0.15) is 0 Å². The molecule has 4 rings (SSSR count). The van der Waals surface area contributed by atoms with E-state index < -0.39 is 11.8 Å². The lowest BCUT2D eigenvalue weighted by Gasteiger charge is -2.14. The second-order valence-corrected chi connectivity index (χ2v) is 7.48. The van der Waals surface area contributed by atoms with Crippen LogP contribution in [0.5, 0.6) is 5.75 Å². The van der Waals surface area contributed by atoms with Crippen LogP contribution in [0.1, 0.15) is 32.0 Å². The molecule has 2 heterocycles. The number of aryl methyl sites for hydroxylation is 1. The average Bonchev–Trinajstić information content (AvgIpc) is 2.97. The van der Waals surface area contributed by atoms with Crippen LogP contribution in [0.25, 0.3) is 0 Å². The molecule has 0 radical (unpaired) electrons. The van der Waals surface area contributed by atoms with Crippen LogP contribution in [0, 0.1) is 12.7 Å². The Balaban J connectivity index is 1.71. The lowest BCUT2D eigenvalue weighted by Crippen LogP contribution is -2.29. The van der Waals surface area contributed by atoms with Crippen LogP contribution >= 0.6 is 11.8 Å². The standard InChI is InChI=1S/C22H17FN2O3S/c1-13-10-17-19(20(24-13)29-12-14-6-3-4-9-18(14)23)22(27)25(21(17)26)15-7-5-8-16(11-15)28-2/h3-11H,12H2,1-2H3. The zero-order valence-corrected chi connectivity index (χ0v) is 16.6. The maximum absolute atomic E-state index is 14.0. The van der Waals surface area contributed by atoms with E-state index in [2.05, 4.69) is 4.98 Å². The largest absolute Gasteiger partial charge is 0.497 e. The van der Waals surface area contributed by atoms with Gasteiger partial charge in [-0.15, -0.1) is 11.8 Å². The highest BCUT2D eigenvalue weighted by molar-refractivity contribution is 7.98. The second-order valence-electron chi connectivity index (χ2n) is 6.52. The fourth-order valence-electron chi connectivity index (χ4n) is 3.19. The topological polar surface area (TPSA) is 59.5 Å². The number of anilines is 1. The van der Waals surface area contributed by atoms with Gasteiger partial charge in [0.05, 0.1) is 23.9 Å².